The zero-order valence-electron chi connectivity index (χ0n) is 16.5. The Morgan fingerprint density at radius 2 is 1.97 bits per heavy atom. The van der Waals surface area contributed by atoms with Crippen LogP contribution in [-0.4, -0.2) is 25.7 Å². The minimum Gasteiger partial charge on any atom is -0.872 e. The molecule has 3 heterocycles. The Bertz CT molecular complexity index is 1040. The molecule has 0 amide bonds. The van der Waals surface area contributed by atoms with Crippen LogP contribution in [0.15, 0.2) is 30.0 Å². The van der Waals surface area contributed by atoms with E-state index in [1.54, 1.807) is 24.3 Å². The number of fused-ring (bicyclic) bond motifs is 2. The van der Waals surface area contributed by atoms with Crippen LogP contribution in [0.25, 0.3) is 6.08 Å². The van der Waals surface area contributed by atoms with Gasteiger partial charge in [0.25, 0.3) is 0 Å². The van der Waals surface area contributed by atoms with Crippen LogP contribution >= 0.6 is 11.6 Å². The number of quaternary nitrogens is 1. The lowest BCUT2D eigenvalue weighted by molar-refractivity contribution is -0.918. The number of halogens is 1. The smallest absolute Gasteiger partial charge is 0.231 e. The number of ether oxygens (including phenoxy) is 3. The van der Waals surface area contributed by atoms with Crippen LogP contribution in [-0.2, 0) is 17.9 Å². The van der Waals surface area contributed by atoms with E-state index in [2.05, 4.69) is 0 Å². The highest BCUT2D eigenvalue weighted by Gasteiger charge is 2.32. The van der Waals surface area contributed by atoms with Crippen molar-refractivity contribution in [2.45, 2.75) is 32.4 Å². The van der Waals surface area contributed by atoms with E-state index in [-0.39, 0.29) is 24.1 Å². The van der Waals surface area contributed by atoms with Gasteiger partial charge in [0.2, 0.25) is 5.78 Å². The third kappa shape index (κ3) is 3.55. The first-order valence-corrected chi connectivity index (χ1v) is 10.6. The molecule has 5 rings (SSSR count). The molecule has 0 spiro atoms. The van der Waals surface area contributed by atoms with Crippen molar-refractivity contribution in [3.63, 3.8) is 0 Å². The SMILES string of the molecule is O=C1C(=Cc2cc(Cl)cc3c2OCOC3)Oc2c1ccc([O-])c2C[NH+]1CCCCC1. The van der Waals surface area contributed by atoms with Gasteiger partial charge in [-0.25, -0.2) is 0 Å². The van der Waals surface area contributed by atoms with Crippen molar-refractivity contribution >= 4 is 23.5 Å². The van der Waals surface area contributed by atoms with Crippen LogP contribution in [0, 0.1) is 0 Å². The summed E-state index contributed by atoms with van der Waals surface area (Å²) < 4.78 is 16.9. The summed E-state index contributed by atoms with van der Waals surface area (Å²) in [5.41, 5.74) is 2.49. The average molecular weight is 428 g/mol. The van der Waals surface area contributed by atoms with Gasteiger partial charge in [0, 0.05) is 21.7 Å². The fourth-order valence-electron chi connectivity index (χ4n) is 4.39. The molecule has 3 aliphatic heterocycles. The molecule has 0 unspecified atom stereocenters. The van der Waals surface area contributed by atoms with E-state index in [0.29, 0.717) is 46.4 Å². The molecule has 30 heavy (non-hydrogen) atoms. The summed E-state index contributed by atoms with van der Waals surface area (Å²) in [5, 5.41) is 13.1. The molecule has 7 heteroatoms. The molecule has 0 radical (unpaired) electrons. The highest BCUT2D eigenvalue weighted by Crippen LogP contribution is 2.40. The van der Waals surface area contributed by atoms with Gasteiger partial charge in [0.15, 0.2) is 12.6 Å². The minimum atomic E-state index is -0.235. The predicted molar refractivity (Wildman–Crippen MR) is 109 cm³/mol. The van der Waals surface area contributed by atoms with Crippen molar-refractivity contribution in [1.29, 1.82) is 0 Å². The summed E-state index contributed by atoms with van der Waals surface area (Å²) >= 11 is 6.24. The van der Waals surface area contributed by atoms with E-state index in [0.717, 1.165) is 31.5 Å². The standard InChI is InChI=1S/C23H22ClNO5/c24-16-8-14(22-15(9-16)12-28-13-29-22)10-20-21(27)17-4-5-19(26)18(23(17)30-20)11-25-6-2-1-3-7-25/h4-5,8-10,26H,1-3,6-7,11-13H2. The summed E-state index contributed by atoms with van der Waals surface area (Å²) in [5.74, 6) is 0.886. The van der Waals surface area contributed by atoms with Gasteiger partial charge in [-0.3, -0.25) is 4.79 Å². The second kappa shape index (κ2) is 7.95. The Labute approximate surface area is 179 Å². The lowest BCUT2D eigenvalue weighted by Crippen LogP contribution is -3.11. The van der Waals surface area contributed by atoms with E-state index in [1.807, 2.05) is 0 Å². The maximum absolute atomic E-state index is 13.0. The number of rotatable bonds is 3. The molecule has 0 saturated carbocycles. The summed E-state index contributed by atoms with van der Waals surface area (Å²) in [4.78, 5) is 14.4. The van der Waals surface area contributed by atoms with Crippen molar-refractivity contribution in [3.05, 3.63) is 57.3 Å². The molecule has 0 atom stereocenters. The van der Waals surface area contributed by atoms with E-state index in [1.165, 1.54) is 17.4 Å². The van der Waals surface area contributed by atoms with Crippen LogP contribution in [0.5, 0.6) is 17.2 Å². The monoisotopic (exact) mass is 427 g/mol. The van der Waals surface area contributed by atoms with Crippen molar-refractivity contribution in [1.82, 2.24) is 0 Å². The summed E-state index contributed by atoms with van der Waals surface area (Å²) in [7, 11) is 0. The summed E-state index contributed by atoms with van der Waals surface area (Å²) in [6.45, 7) is 3.18. The molecule has 0 bridgehead atoms. The minimum absolute atomic E-state index is 0.0820. The van der Waals surface area contributed by atoms with Gasteiger partial charge in [0.05, 0.1) is 25.3 Å². The Morgan fingerprint density at radius 1 is 1.13 bits per heavy atom. The van der Waals surface area contributed by atoms with Gasteiger partial charge in [-0.15, -0.1) is 0 Å². The van der Waals surface area contributed by atoms with E-state index < -0.39 is 0 Å². The third-order valence-electron chi connectivity index (χ3n) is 5.88. The van der Waals surface area contributed by atoms with Crippen LogP contribution in [0.2, 0.25) is 5.02 Å². The normalized spacial score (nSPS) is 19.9. The van der Waals surface area contributed by atoms with Crippen molar-refractivity contribution in [2.75, 3.05) is 19.9 Å². The molecule has 156 valence electrons. The fraction of sp³-hybridized carbons (Fsp3) is 0.348. The van der Waals surface area contributed by atoms with Crippen molar-refractivity contribution in [3.8, 4) is 17.2 Å². The van der Waals surface area contributed by atoms with Crippen LogP contribution in [0.3, 0.4) is 0 Å². The number of hydrogen-bond acceptors (Lipinski definition) is 5. The number of carbonyl (C=O) groups is 1. The molecule has 1 fully saturated rings. The first-order chi connectivity index (χ1) is 14.6. The number of allylic oxidation sites excluding steroid dienone is 1. The molecule has 0 aliphatic carbocycles. The molecular formula is C23H22ClNO5. The topological polar surface area (TPSA) is 72.3 Å². The number of Topliss-reactive ketones (excluding diaryl/α,β-unsaturated/α-hetero) is 1. The Morgan fingerprint density at radius 3 is 2.80 bits per heavy atom. The number of benzene rings is 2. The lowest BCUT2D eigenvalue weighted by atomic mass is 10.0. The number of ketones is 1. The van der Waals surface area contributed by atoms with Gasteiger partial charge in [0.1, 0.15) is 18.0 Å². The second-order valence-electron chi connectivity index (χ2n) is 7.94. The number of hydrogen-bond donors (Lipinski definition) is 1. The highest BCUT2D eigenvalue weighted by molar-refractivity contribution is 6.31. The first-order valence-electron chi connectivity index (χ1n) is 10.2. The van der Waals surface area contributed by atoms with Crippen LogP contribution < -0.4 is 19.5 Å². The van der Waals surface area contributed by atoms with Crippen LogP contribution in [0.4, 0.5) is 0 Å². The molecule has 2 aromatic rings. The fourth-order valence-corrected chi connectivity index (χ4v) is 4.64. The number of nitrogens with one attached hydrogen (secondary N) is 1. The van der Waals surface area contributed by atoms with Crippen molar-refractivity contribution in [2.24, 2.45) is 0 Å². The number of likely N-dealkylation sites (tertiary alicyclic amines) is 1. The zero-order valence-corrected chi connectivity index (χ0v) is 17.2. The first kappa shape index (κ1) is 19.4. The van der Waals surface area contributed by atoms with Crippen molar-refractivity contribution < 1.29 is 29.0 Å². The third-order valence-corrected chi connectivity index (χ3v) is 6.09. The van der Waals surface area contributed by atoms with E-state index in [9.17, 15) is 9.90 Å². The molecule has 6 nitrogen and oxygen atoms in total. The van der Waals surface area contributed by atoms with Crippen LogP contribution in [0.1, 0.15) is 46.3 Å². The molecular weight excluding hydrogens is 406 g/mol. The number of carbonyl (C=O) groups excluding carboxylic acids is 1. The molecule has 0 aromatic heterocycles. The maximum Gasteiger partial charge on any atom is 0.231 e. The summed E-state index contributed by atoms with van der Waals surface area (Å²) in [6.07, 6.45) is 5.19. The quantitative estimate of drug-likeness (QED) is 0.762. The largest absolute Gasteiger partial charge is 0.872 e. The van der Waals surface area contributed by atoms with E-state index in [4.69, 9.17) is 25.8 Å². The van der Waals surface area contributed by atoms with Gasteiger partial charge in [-0.05, 0) is 43.5 Å². The maximum atomic E-state index is 13.0. The predicted octanol–water partition coefficient (Wildman–Crippen LogP) is 2.47. The average Bonchev–Trinajstić information content (AvgIpc) is 3.06. The Kier molecular flexibility index (Phi) is 5.15. The molecule has 3 aliphatic rings. The highest BCUT2D eigenvalue weighted by atomic mass is 35.5. The van der Waals surface area contributed by atoms with Gasteiger partial charge in [-0.2, -0.15) is 0 Å². The molecule has 1 saturated heterocycles. The molecule has 2 aromatic carbocycles. The second-order valence-corrected chi connectivity index (χ2v) is 8.38. The zero-order chi connectivity index (χ0) is 20.7. The van der Waals surface area contributed by atoms with Gasteiger partial charge < -0.3 is 24.2 Å². The Balaban J connectivity index is 1.50. The Hall–Kier alpha value is -2.54. The van der Waals surface area contributed by atoms with Gasteiger partial charge >= 0.3 is 0 Å². The lowest BCUT2D eigenvalue weighted by Gasteiger charge is -2.26. The number of piperidine rings is 1. The summed E-state index contributed by atoms with van der Waals surface area (Å²) in [6, 6.07) is 6.56. The molecule has 1 N–H and O–H groups in total. The van der Waals surface area contributed by atoms with Gasteiger partial charge in [-0.1, -0.05) is 23.4 Å². The van der Waals surface area contributed by atoms with E-state index >= 15 is 0 Å².